The van der Waals surface area contributed by atoms with Gasteiger partial charge in [-0.3, -0.25) is 4.79 Å². The highest BCUT2D eigenvalue weighted by Gasteiger charge is 2.28. The summed E-state index contributed by atoms with van der Waals surface area (Å²) in [6.07, 6.45) is 0. The van der Waals surface area contributed by atoms with Crippen LogP contribution in [0.3, 0.4) is 0 Å². The van der Waals surface area contributed by atoms with Crippen molar-refractivity contribution in [1.82, 2.24) is 4.31 Å². The fraction of sp³-hybridized carbons (Fsp3) is 0.136. The number of nitrogens with one attached hydrogen (secondary N) is 1. The van der Waals surface area contributed by atoms with Crippen LogP contribution in [0.15, 0.2) is 77.7 Å². The summed E-state index contributed by atoms with van der Waals surface area (Å²) >= 11 is 6.11. The molecular weight excluding hydrogens is 443 g/mol. The lowest BCUT2D eigenvalue weighted by atomic mass is 10.2. The quantitative estimate of drug-likeness (QED) is 0.541. The van der Waals surface area contributed by atoms with Gasteiger partial charge in [-0.25, -0.2) is 12.8 Å². The molecule has 31 heavy (non-hydrogen) atoms. The number of carbonyl (C=O) groups excluding carboxylic acids is 1. The number of sulfonamides is 1. The standard InChI is InChI=1S/C22H20ClFN2O4S/c1-30-21-11-10-19(13-20(21)23)31(28,29)26(14-16-6-3-2-4-7-16)15-22(27)25-18-9-5-8-17(24)12-18/h2-13H,14-15H2,1H3,(H,25,27). The maximum Gasteiger partial charge on any atom is 0.243 e. The lowest BCUT2D eigenvalue weighted by Gasteiger charge is -2.22. The monoisotopic (exact) mass is 462 g/mol. The average molecular weight is 463 g/mol. The van der Waals surface area contributed by atoms with Gasteiger partial charge in [0.25, 0.3) is 0 Å². The Morgan fingerprint density at radius 3 is 2.45 bits per heavy atom. The molecule has 0 saturated heterocycles. The highest BCUT2D eigenvalue weighted by atomic mass is 35.5. The second-order valence-corrected chi connectivity index (χ2v) is 8.96. The van der Waals surface area contributed by atoms with Gasteiger partial charge in [-0.2, -0.15) is 4.31 Å². The van der Waals surface area contributed by atoms with Crippen molar-refractivity contribution < 1.29 is 22.3 Å². The van der Waals surface area contributed by atoms with E-state index in [2.05, 4.69) is 5.32 Å². The van der Waals surface area contributed by atoms with Gasteiger partial charge in [0.1, 0.15) is 11.6 Å². The first kappa shape index (κ1) is 22.7. The summed E-state index contributed by atoms with van der Waals surface area (Å²) in [5.41, 5.74) is 0.929. The summed E-state index contributed by atoms with van der Waals surface area (Å²) in [6.45, 7) is -0.513. The van der Waals surface area contributed by atoms with Crippen LogP contribution in [0, 0.1) is 5.82 Å². The van der Waals surface area contributed by atoms with Gasteiger partial charge in [0.05, 0.1) is 23.6 Å². The minimum atomic E-state index is -4.08. The highest BCUT2D eigenvalue weighted by Crippen LogP contribution is 2.29. The Morgan fingerprint density at radius 2 is 1.81 bits per heavy atom. The molecule has 6 nitrogen and oxygen atoms in total. The Balaban J connectivity index is 1.89. The van der Waals surface area contributed by atoms with E-state index in [1.165, 1.54) is 43.5 Å². The number of nitrogens with zero attached hydrogens (tertiary/aromatic N) is 1. The van der Waals surface area contributed by atoms with Crippen molar-refractivity contribution in [2.45, 2.75) is 11.4 Å². The largest absolute Gasteiger partial charge is 0.495 e. The normalized spacial score (nSPS) is 11.4. The molecule has 162 valence electrons. The van der Waals surface area contributed by atoms with E-state index in [1.54, 1.807) is 24.3 Å². The van der Waals surface area contributed by atoms with Crippen molar-refractivity contribution in [3.8, 4) is 5.75 Å². The van der Waals surface area contributed by atoms with Crippen molar-refractivity contribution >= 4 is 33.2 Å². The second-order valence-electron chi connectivity index (χ2n) is 6.61. The summed E-state index contributed by atoms with van der Waals surface area (Å²) < 4.78 is 46.1. The summed E-state index contributed by atoms with van der Waals surface area (Å²) in [7, 11) is -2.66. The minimum absolute atomic E-state index is 0.0383. The van der Waals surface area contributed by atoms with Crippen LogP contribution in [-0.2, 0) is 21.4 Å². The maximum atomic E-state index is 13.4. The summed E-state index contributed by atoms with van der Waals surface area (Å²) in [4.78, 5) is 12.5. The third-order valence-corrected chi connectivity index (χ3v) is 6.47. The molecule has 0 bridgehead atoms. The maximum absolute atomic E-state index is 13.4. The van der Waals surface area contributed by atoms with E-state index in [9.17, 15) is 17.6 Å². The number of ether oxygens (including phenoxy) is 1. The molecule has 1 amide bonds. The Morgan fingerprint density at radius 1 is 1.06 bits per heavy atom. The number of hydrogen-bond acceptors (Lipinski definition) is 4. The molecule has 1 N–H and O–H groups in total. The first-order chi connectivity index (χ1) is 14.8. The number of amides is 1. The molecule has 3 aromatic rings. The Hall–Kier alpha value is -2.94. The van der Waals surface area contributed by atoms with Gasteiger partial charge in [-0.1, -0.05) is 48.0 Å². The molecule has 0 saturated carbocycles. The van der Waals surface area contributed by atoms with Crippen LogP contribution < -0.4 is 10.1 Å². The first-order valence-corrected chi connectivity index (χ1v) is 11.0. The van der Waals surface area contributed by atoms with Gasteiger partial charge in [-0.15, -0.1) is 0 Å². The fourth-order valence-electron chi connectivity index (χ4n) is 2.90. The Labute approximate surface area is 185 Å². The molecule has 0 radical (unpaired) electrons. The molecule has 0 heterocycles. The van der Waals surface area contributed by atoms with Gasteiger partial charge in [0.15, 0.2) is 0 Å². The minimum Gasteiger partial charge on any atom is -0.495 e. The Kier molecular flexibility index (Phi) is 7.27. The van der Waals surface area contributed by atoms with Crippen molar-refractivity contribution in [1.29, 1.82) is 0 Å². The molecule has 9 heteroatoms. The number of methoxy groups -OCH3 is 1. The van der Waals surface area contributed by atoms with E-state index in [1.807, 2.05) is 6.07 Å². The molecule has 0 aliphatic heterocycles. The van der Waals surface area contributed by atoms with Crippen molar-refractivity contribution in [2.75, 3.05) is 19.0 Å². The molecule has 0 fully saturated rings. The third kappa shape index (κ3) is 5.81. The fourth-order valence-corrected chi connectivity index (χ4v) is 4.63. The predicted octanol–water partition coefficient (Wildman–Crippen LogP) is 4.32. The number of hydrogen-bond donors (Lipinski definition) is 1. The van der Waals surface area contributed by atoms with Crippen molar-refractivity contribution in [3.05, 3.63) is 89.2 Å². The van der Waals surface area contributed by atoms with Crippen LogP contribution >= 0.6 is 11.6 Å². The van der Waals surface area contributed by atoms with Crippen LogP contribution in [0.4, 0.5) is 10.1 Å². The zero-order valence-electron chi connectivity index (χ0n) is 16.6. The van der Waals surface area contributed by atoms with Crippen molar-refractivity contribution in [2.24, 2.45) is 0 Å². The van der Waals surface area contributed by atoms with Crippen LogP contribution in [0.25, 0.3) is 0 Å². The van der Waals surface area contributed by atoms with Gasteiger partial charge in [-0.05, 0) is 42.0 Å². The molecule has 0 atom stereocenters. The van der Waals surface area contributed by atoms with Crippen LogP contribution in [0.2, 0.25) is 5.02 Å². The molecule has 0 aliphatic rings. The topological polar surface area (TPSA) is 75.7 Å². The van der Waals surface area contributed by atoms with Gasteiger partial charge in [0, 0.05) is 12.2 Å². The third-order valence-electron chi connectivity index (χ3n) is 4.39. The van der Waals surface area contributed by atoms with E-state index < -0.39 is 28.3 Å². The first-order valence-electron chi connectivity index (χ1n) is 9.22. The smallest absolute Gasteiger partial charge is 0.243 e. The number of carbonyl (C=O) groups is 1. The molecule has 3 rings (SSSR count). The van der Waals surface area contributed by atoms with E-state index in [0.29, 0.717) is 11.3 Å². The lowest BCUT2D eigenvalue weighted by Crippen LogP contribution is -2.37. The van der Waals surface area contributed by atoms with Crippen molar-refractivity contribution in [3.63, 3.8) is 0 Å². The molecular formula is C22H20ClFN2O4S. The SMILES string of the molecule is COc1ccc(S(=O)(=O)N(CC(=O)Nc2cccc(F)c2)Cc2ccccc2)cc1Cl. The van der Waals surface area contributed by atoms with Crippen LogP contribution in [0.5, 0.6) is 5.75 Å². The van der Waals surface area contributed by atoms with E-state index >= 15 is 0 Å². The zero-order valence-corrected chi connectivity index (χ0v) is 18.2. The molecule has 0 spiro atoms. The van der Waals surface area contributed by atoms with Crippen LogP contribution in [-0.4, -0.2) is 32.3 Å². The second kappa shape index (κ2) is 9.91. The Bertz CT molecular complexity index is 1170. The number of rotatable bonds is 8. The van der Waals surface area contributed by atoms with E-state index in [0.717, 1.165) is 10.4 Å². The molecule has 0 aliphatic carbocycles. The average Bonchev–Trinajstić information content (AvgIpc) is 2.74. The highest BCUT2D eigenvalue weighted by molar-refractivity contribution is 7.89. The lowest BCUT2D eigenvalue weighted by molar-refractivity contribution is -0.116. The van der Waals surface area contributed by atoms with Gasteiger partial charge in [0.2, 0.25) is 15.9 Å². The van der Waals surface area contributed by atoms with Crippen LogP contribution in [0.1, 0.15) is 5.56 Å². The molecule has 0 unspecified atom stereocenters. The summed E-state index contributed by atoms with van der Waals surface area (Å²) in [6, 6.07) is 18.3. The van der Waals surface area contributed by atoms with Gasteiger partial charge < -0.3 is 10.1 Å². The van der Waals surface area contributed by atoms with E-state index in [4.69, 9.17) is 16.3 Å². The predicted molar refractivity (Wildman–Crippen MR) is 117 cm³/mol. The molecule has 0 aromatic heterocycles. The number of anilines is 1. The van der Waals surface area contributed by atoms with E-state index in [-0.39, 0.29) is 22.2 Å². The summed E-state index contributed by atoms with van der Waals surface area (Å²) in [5, 5.41) is 2.65. The number of benzene rings is 3. The number of halogens is 2. The zero-order chi connectivity index (χ0) is 22.4. The molecule has 3 aromatic carbocycles. The van der Waals surface area contributed by atoms with Gasteiger partial charge >= 0.3 is 0 Å². The summed E-state index contributed by atoms with van der Waals surface area (Å²) in [5.74, 6) is -0.789.